The van der Waals surface area contributed by atoms with Crippen molar-refractivity contribution < 1.29 is 19.0 Å². The zero-order valence-electron chi connectivity index (χ0n) is 17.6. The number of fused-ring (bicyclic) bond motifs is 1. The Morgan fingerprint density at radius 3 is 2.26 bits per heavy atom. The largest absolute Gasteiger partial charge is 0.493 e. The Labute approximate surface area is 180 Å². The molecule has 1 heterocycles. The number of carbonyl (C=O) groups is 1. The van der Waals surface area contributed by atoms with Crippen LogP contribution in [0.5, 0.6) is 17.2 Å². The van der Waals surface area contributed by atoms with Crippen LogP contribution in [0.25, 0.3) is 16.7 Å². The van der Waals surface area contributed by atoms with Crippen LogP contribution in [0.2, 0.25) is 0 Å². The SMILES string of the molecule is COc1cc(CC(=O)Nc2ccc(-n3cnc4ccccc43)cc2)cc(OC)c1OC. The predicted molar refractivity (Wildman–Crippen MR) is 120 cm³/mol. The minimum absolute atomic E-state index is 0.143. The number of benzene rings is 3. The van der Waals surface area contributed by atoms with E-state index in [-0.39, 0.29) is 12.3 Å². The van der Waals surface area contributed by atoms with Crippen molar-refractivity contribution in [1.82, 2.24) is 9.55 Å². The van der Waals surface area contributed by atoms with E-state index in [2.05, 4.69) is 10.3 Å². The van der Waals surface area contributed by atoms with Crippen molar-refractivity contribution in [2.45, 2.75) is 6.42 Å². The van der Waals surface area contributed by atoms with Crippen molar-refractivity contribution in [3.05, 3.63) is 72.6 Å². The summed E-state index contributed by atoms with van der Waals surface area (Å²) in [6.07, 6.45) is 1.97. The van der Waals surface area contributed by atoms with Crippen LogP contribution in [0.15, 0.2) is 67.0 Å². The highest BCUT2D eigenvalue weighted by Gasteiger charge is 2.15. The van der Waals surface area contributed by atoms with Crippen LogP contribution in [0.1, 0.15) is 5.56 Å². The molecular formula is C24H23N3O4. The molecule has 0 atom stereocenters. The fourth-order valence-corrected chi connectivity index (χ4v) is 3.50. The molecular weight excluding hydrogens is 394 g/mol. The summed E-state index contributed by atoms with van der Waals surface area (Å²) in [6, 6.07) is 19.1. The lowest BCUT2D eigenvalue weighted by Crippen LogP contribution is -2.14. The van der Waals surface area contributed by atoms with Gasteiger partial charge in [-0.2, -0.15) is 0 Å². The van der Waals surface area contributed by atoms with Gasteiger partial charge in [-0.05, 0) is 54.1 Å². The van der Waals surface area contributed by atoms with E-state index in [1.165, 1.54) is 0 Å². The molecule has 1 amide bonds. The first-order valence-electron chi connectivity index (χ1n) is 9.74. The van der Waals surface area contributed by atoms with Gasteiger partial charge in [-0.3, -0.25) is 9.36 Å². The standard InChI is InChI=1S/C24H23N3O4/c1-29-21-12-16(13-22(30-2)24(21)31-3)14-23(28)26-17-8-10-18(11-9-17)27-15-25-19-6-4-5-7-20(19)27/h4-13,15H,14H2,1-3H3,(H,26,28). The zero-order chi connectivity index (χ0) is 21.8. The number of amides is 1. The van der Waals surface area contributed by atoms with Crippen molar-refractivity contribution in [2.24, 2.45) is 0 Å². The molecule has 1 aromatic heterocycles. The molecule has 0 spiro atoms. The first kappa shape index (κ1) is 20.3. The van der Waals surface area contributed by atoms with Gasteiger partial charge in [0.05, 0.1) is 38.8 Å². The van der Waals surface area contributed by atoms with E-state index in [1.807, 2.05) is 53.1 Å². The number of nitrogens with zero attached hydrogens (tertiary/aromatic N) is 2. The highest BCUT2D eigenvalue weighted by molar-refractivity contribution is 5.92. The van der Waals surface area contributed by atoms with E-state index in [1.54, 1.807) is 39.8 Å². The molecule has 4 aromatic rings. The third-order valence-electron chi connectivity index (χ3n) is 4.97. The summed E-state index contributed by atoms with van der Waals surface area (Å²) in [5.74, 6) is 1.38. The number of imidazole rings is 1. The molecule has 0 saturated heterocycles. The molecule has 158 valence electrons. The van der Waals surface area contributed by atoms with Gasteiger partial charge in [0.15, 0.2) is 11.5 Å². The number of hydrogen-bond donors (Lipinski definition) is 1. The molecule has 0 aliphatic rings. The van der Waals surface area contributed by atoms with Crippen molar-refractivity contribution in [3.8, 4) is 22.9 Å². The predicted octanol–water partition coefficient (Wildman–Crippen LogP) is 4.23. The van der Waals surface area contributed by atoms with E-state index in [0.29, 0.717) is 22.9 Å². The van der Waals surface area contributed by atoms with Gasteiger partial charge in [-0.1, -0.05) is 12.1 Å². The number of para-hydroxylation sites is 2. The molecule has 0 radical (unpaired) electrons. The second kappa shape index (κ2) is 8.79. The topological polar surface area (TPSA) is 74.6 Å². The summed E-state index contributed by atoms with van der Waals surface area (Å²) in [5.41, 5.74) is 4.40. The van der Waals surface area contributed by atoms with Crippen molar-refractivity contribution >= 4 is 22.6 Å². The number of anilines is 1. The Morgan fingerprint density at radius 1 is 0.935 bits per heavy atom. The second-order valence-electron chi connectivity index (χ2n) is 6.91. The summed E-state index contributed by atoms with van der Waals surface area (Å²) < 4.78 is 18.0. The third kappa shape index (κ3) is 4.16. The minimum atomic E-state index is -0.143. The van der Waals surface area contributed by atoms with Crippen LogP contribution in [0.4, 0.5) is 5.69 Å². The Bertz CT molecular complexity index is 1190. The van der Waals surface area contributed by atoms with Crippen LogP contribution >= 0.6 is 0 Å². The Hall–Kier alpha value is -4.00. The Balaban J connectivity index is 1.48. The lowest BCUT2D eigenvalue weighted by atomic mass is 10.1. The van der Waals surface area contributed by atoms with Gasteiger partial charge in [-0.15, -0.1) is 0 Å². The van der Waals surface area contributed by atoms with E-state index in [4.69, 9.17) is 14.2 Å². The highest BCUT2D eigenvalue weighted by Crippen LogP contribution is 2.38. The van der Waals surface area contributed by atoms with E-state index in [9.17, 15) is 4.79 Å². The van der Waals surface area contributed by atoms with Crippen LogP contribution in [-0.4, -0.2) is 36.8 Å². The molecule has 0 saturated carbocycles. The average molecular weight is 417 g/mol. The summed E-state index contributed by atoms with van der Waals surface area (Å²) >= 11 is 0. The maximum absolute atomic E-state index is 12.6. The average Bonchev–Trinajstić information content (AvgIpc) is 3.23. The molecule has 0 aliphatic carbocycles. The maximum atomic E-state index is 12.6. The molecule has 4 rings (SSSR count). The molecule has 3 aromatic carbocycles. The van der Waals surface area contributed by atoms with Crippen LogP contribution < -0.4 is 19.5 Å². The highest BCUT2D eigenvalue weighted by atomic mass is 16.5. The van der Waals surface area contributed by atoms with Gasteiger partial charge < -0.3 is 19.5 Å². The van der Waals surface area contributed by atoms with E-state index < -0.39 is 0 Å². The third-order valence-corrected chi connectivity index (χ3v) is 4.97. The normalized spacial score (nSPS) is 10.7. The summed E-state index contributed by atoms with van der Waals surface area (Å²) in [4.78, 5) is 17.0. The number of ether oxygens (including phenoxy) is 3. The van der Waals surface area contributed by atoms with Gasteiger partial charge in [0.1, 0.15) is 6.33 Å². The molecule has 7 nitrogen and oxygen atoms in total. The smallest absolute Gasteiger partial charge is 0.228 e. The van der Waals surface area contributed by atoms with Gasteiger partial charge in [0.2, 0.25) is 11.7 Å². The van der Waals surface area contributed by atoms with Crippen molar-refractivity contribution in [2.75, 3.05) is 26.6 Å². The number of hydrogen-bond acceptors (Lipinski definition) is 5. The minimum Gasteiger partial charge on any atom is -0.493 e. The number of nitrogens with one attached hydrogen (secondary N) is 1. The quantitative estimate of drug-likeness (QED) is 0.487. The lowest BCUT2D eigenvalue weighted by Gasteiger charge is -2.14. The fourth-order valence-electron chi connectivity index (χ4n) is 3.50. The molecule has 0 fully saturated rings. The number of methoxy groups -OCH3 is 3. The second-order valence-corrected chi connectivity index (χ2v) is 6.91. The number of aromatic nitrogens is 2. The van der Waals surface area contributed by atoms with Crippen molar-refractivity contribution in [3.63, 3.8) is 0 Å². The van der Waals surface area contributed by atoms with Crippen LogP contribution in [-0.2, 0) is 11.2 Å². The Kier molecular flexibility index (Phi) is 5.75. The van der Waals surface area contributed by atoms with Crippen LogP contribution in [0, 0.1) is 0 Å². The fraction of sp³-hybridized carbons (Fsp3) is 0.167. The van der Waals surface area contributed by atoms with Gasteiger partial charge >= 0.3 is 0 Å². The lowest BCUT2D eigenvalue weighted by molar-refractivity contribution is -0.115. The van der Waals surface area contributed by atoms with Gasteiger partial charge in [0, 0.05) is 11.4 Å². The molecule has 31 heavy (non-hydrogen) atoms. The summed E-state index contributed by atoms with van der Waals surface area (Å²) in [5, 5.41) is 2.93. The Morgan fingerprint density at radius 2 is 1.61 bits per heavy atom. The number of rotatable bonds is 7. The molecule has 0 aliphatic heterocycles. The molecule has 1 N–H and O–H groups in total. The summed E-state index contributed by atoms with van der Waals surface area (Å²) in [6.45, 7) is 0. The van der Waals surface area contributed by atoms with Gasteiger partial charge in [-0.25, -0.2) is 4.98 Å². The van der Waals surface area contributed by atoms with E-state index in [0.717, 1.165) is 22.3 Å². The first-order valence-corrected chi connectivity index (χ1v) is 9.74. The van der Waals surface area contributed by atoms with Crippen LogP contribution in [0.3, 0.4) is 0 Å². The monoisotopic (exact) mass is 417 g/mol. The van der Waals surface area contributed by atoms with E-state index >= 15 is 0 Å². The van der Waals surface area contributed by atoms with Crippen molar-refractivity contribution in [1.29, 1.82) is 0 Å². The first-order chi connectivity index (χ1) is 15.1. The maximum Gasteiger partial charge on any atom is 0.228 e. The summed E-state index contributed by atoms with van der Waals surface area (Å²) in [7, 11) is 4.64. The number of carbonyl (C=O) groups excluding carboxylic acids is 1. The molecule has 7 heteroatoms. The van der Waals surface area contributed by atoms with Gasteiger partial charge in [0.25, 0.3) is 0 Å². The molecule has 0 bridgehead atoms. The molecule has 0 unspecified atom stereocenters. The zero-order valence-corrected chi connectivity index (χ0v) is 17.6.